The van der Waals surface area contributed by atoms with Crippen molar-refractivity contribution in [3.63, 3.8) is 0 Å². The van der Waals surface area contributed by atoms with Crippen LogP contribution in [-0.2, 0) is 6.42 Å². The van der Waals surface area contributed by atoms with Gasteiger partial charge in [-0.15, -0.1) is 10.2 Å². The van der Waals surface area contributed by atoms with Crippen LogP contribution in [0.15, 0.2) is 23.3 Å². The zero-order chi connectivity index (χ0) is 19.1. The molecule has 0 amide bonds. The molecule has 1 N–H and O–H groups in total. The molecule has 9 nitrogen and oxygen atoms in total. The Kier molecular flexibility index (Phi) is 4.14. The molecule has 144 valence electrons. The van der Waals surface area contributed by atoms with Crippen molar-refractivity contribution in [1.82, 2.24) is 39.3 Å². The van der Waals surface area contributed by atoms with Gasteiger partial charge in [0.15, 0.2) is 5.82 Å². The average molecular weight is 378 g/mol. The van der Waals surface area contributed by atoms with E-state index in [0.717, 1.165) is 37.3 Å². The first kappa shape index (κ1) is 17.0. The molecule has 5 rings (SSSR count). The van der Waals surface area contributed by atoms with Gasteiger partial charge in [0.1, 0.15) is 5.82 Å². The summed E-state index contributed by atoms with van der Waals surface area (Å²) in [7, 11) is 0. The smallest absolute Gasteiger partial charge is 0.268 e. The first-order chi connectivity index (χ1) is 13.7. The topological polar surface area (TPSA) is 107 Å². The second kappa shape index (κ2) is 6.81. The van der Waals surface area contributed by atoms with Gasteiger partial charge in [0.25, 0.3) is 17.3 Å². The Morgan fingerprint density at radius 1 is 1.21 bits per heavy atom. The summed E-state index contributed by atoms with van der Waals surface area (Å²) < 4.78 is 3.12. The Labute approximate surface area is 160 Å². The van der Waals surface area contributed by atoms with Crippen molar-refractivity contribution >= 4 is 16.7 Å². The minimum atomic E-state index is -0.219. The van der Waals surface area contributed by atoms with Gasteiger partial charge in [-0.05, 0) is 25.3 Å². The normalized spacial score (nSPS) is 15.6. The van der Waals surface area contributed by atoms with Crippen LogP contribution in [0.2, 0.25) is 0 Å². The largest absolute Gasteiger partial charge is 0.268 e. The third kappa shape index (κ3) is 2.78. The fourth-order valence-corrected chi connectivity index (χ4v) is 3.97. The zero-order valence-corrected chi connectivity index (χ0v) is 15.8. The minimum absolute atomic E-state index is 0.219. The van der Waals surface area contributed by atoms with E-state index in [-0.39, 0.29) is 5.56 Å². The lowest BCUT2D eigenvalue weighted by molar-refractivity contribution is 0.429. The van der Waals surface area contributed by atoms with Crippen LogP contribution >= 0.6 is 0 Å². The Bertz CT molecular complexity index is 1200. The van der Waals surface area contributed by atoms with Gasteiger partial charge in [0, 0.05) is 24.7 Å². The van der Waals surface area contributed by atoms with Crippen molar-refractivity contribution in [3.8, 4) is 5.95 Å². The number of nitrogens with zero attached hydrogens (tertiary/aromatic N) is 7. The molecule has 4 aromatic rings. The van der Waals surface area contributed by atoms with Gasteiger partial charge in [-0.1, -0.05) is 26.2 Å². The maximum Gasteiger partial charge on any atom is 0.268 e. The molecular formula is C19H22N8O. The van der Waals surface area contributed by atoms with Crippen LogP contribution in [0.4, 0.5) is 0 Å². The van der Waals surface area contributed by atoms with Gasteiger partial charge in [-0.25, -0.2) is 9.55 Å². The molecular weight excluding hydrogens is 356 g/mol. The molecule has 0 aliphatic heterocycles. The standard InChI is InChI=1S/C19H22N8O/c1-2-6-15-21-19(24-23-15)26-10-9-14-13(17(26)28)11-20-18-22-16(25-27(14)18)12-7-4-3-5-8-12/h9-12H,2-8H2,1H3,(H,21,23,24). The van der Waals surface area contributed by atoms with E-state index >= 15 is 0 Å². The highest BCUT2D eigenvalue weighted by molar-refractivity contribution is 5.78. The number of H-pyrrole nitrogens is 1. The quantitative estimate of drug-likeness (QED) is 0.585. The van der Waals surface area contributed by atoms with Gasteiger partial charge in [0.2, 0.25) is 0 Å². The van der Waals surface area contributed by atoms with E-state index < -0.39 is 0 Å². The number of hydrogen-bond acceptors (Lipinski definition) is 6. The summed E-state index contributed by atoms with van der Waals surface area (Å²) in [5.74, 6) is 2.87. The molecule has 1 saturated carbocycles. The number of aromatic nitrogens is 8. The number of hydrogen-bond donors (Lipinski definition) is 1. The molecule has 0 radical (unpaired) electrons. The summed E-state index contributed by atoms with van der Waals surface area (Å²) in [4.78, 5) is 26.4. The minimum Gasteiger partial charge on any atom is -0.268 e. The van der Waals surface area contributed by atoms with E-state index in [1.807, 2.05) is 6.07 Å². The molecule has 4 heterocycles. The second-order valence-electron chi connectivity index (χ2n) is 7.40. The number of aromatic amines is 1. The number of pyridine rings is 1. The van der Waals surface area contributed by atoms with E-state index in [4.69, 9.17) is 5.10 Å². The second-order valence-corrected chi connectivity index (χ2v) is 7.40. The van der Waals surface area contributed by atoms with Gasteiger partial charge >= 0.3 is 0 Å². The van der Waals surface area contributed by atoms with Crippen molar-refractivity contribution in [2.24, 2.45) is 0 Å². The summed E-state index contributed by atoms with van der Waals surface area (Å²) in [6.45, 7) is 2.07. The van der Waals surface area contributed by atoms with Crippen molar-refractivity contribution in [2.75, 3.05) is 0 Å². The third-order valence-electron chi connectivity index (χ3n) is 5.44. The summed E-state index contributed by atoms with van der Waals surface area (Å²) in [5.41, 5.74) is 0.480. The first-order valence-corrected chi connectivity index (χ1v) is 9.93. The maximum absolute atomic E-state index is 13.0. The first-order valence-electron chi connectivity index (χ1n) is 9.93. The van der Waals surface area contributed by atoms with E-state index in [1.165, 1.54) is 23.8 Å². The summed E-state index contributed by atoms with van der Waals surface area (Å²) in [5, 5.41) is 12.2. The van der Waals surface area contributed by atoms with E-state index in [0.29, 0.717) is 28.5 Å². The monoisotopic (exact) mass is 378 g/mol. The molecule has 1 aliphatic carbocycles. The molecule has 0 unspecified atom stereocenters. The van der Waals surface area contributed by atoms with E-state index in [9.17, 15) is 4.79 Å². The third-order valence-corrected chi connectivity index (χ3v) is 5.44. The predicted molar refractivity (Wildman–Crippen MR) is 104 cm³/mol. The molecule has 1 fully saturated rings. The van der Waals surface area contributed by atoms with E-state index in [2.05, 4.69) is 32.1 Å². The van der Waals surface area contributed by atoms with E-state index in [1.54, 1.807) is 16.9 Å². The molecule has 0 aromatic carbocycles. The average Bonchev–Trinajstić information content (AvgIpc) is 3.36. The van der Waals surface area contributed by atoms with Crippen molar-refractivity contribution in [2.45, 2.75) is 57.8 Å². The lowest BCUT2D eigenvalue weighted by Crippen LogP contribution is -2.20. The van der Waals surface area contributed by atoms with Gasteiger partial charge in [-0.2, -0.15) is 14.5 Å². The maximum atomic E-state index is 13.0. The Balaban J connectivity index is 1.60. The molecule has 0 spiro atoms. The van der Waals surface area contributed by atoms with Gasteiger partial charge in [0.05, 0.1) is 10.9 Å². The Morgan fingerprint density at radius 2 is 2.07 bits per heavy atom. The molecule has 1 aliphatic rings. The van der Waals surface area contributed by atoms with Crippen LogP contribution in [-0.4, -0.2) is 39.3 Å². The molecule has 28 heavy (non-hydrogen) atoms. The van der Waals surface area contributed by atoms with Crippen molar-refractivity contribution < 1.29 is 0 Å². The molecule has 4 aromatic heterocycles. The number of rotatable bonds is 4. The SMILES string of the molecule is CCCc1nc(-n2ccc3c(cnc4nc(C5CCCCC5)nn43)c2=O)n[nH]1. The van der Waals surface area contributed by atoms with Crippen LogP contribution in [0.5, 0.6) is 0 Å². The van der Waals surface area contributed by atoms with Crippen LogP contribution in [0.1, 0.15) is 63.0 Å². The van der Waals surface area contributed by atoms with Crippen LogP contribution in [0, 0.1) is 0 Å². The fraction of sp³-hybridized carbons (Fsp3) is 0.474. The van der Waals surface area contributed by atoms with Gasteiger partial charge < -0.3 is 0 Å². The number of aryl methyl sites for hydroxylation is 1. The highest BCUT2D eigenvalue weighted by atomic mass is 16.1. The molecule has 0 saturated heterocycles. The number of nitrogens with one attached hydrogen (secondary N) is 1. The summed E-state index contributed by atoms with van der Waals surface area (Å²) in [6, 6.07) is 1.85. The fourth-order valence-electron chi connectivity index (χ4n) is 3.97. The highest BCUT2D eigenvalue weighted by Crippen LogP contribution is 2.31. The lowest BCUT2D eigenvalue weighted by Gasteiger charge is -2.17. The van der Waals surface area contributed by atoms with Crippen molar-refractivity contribution in [3.05, 3.63) is 40.5 Å². The van der Waals surface area contributed by atoms with Gasteiger partial charge in [-0.3, -0.25) is 9.89 Å². The van der Waals surface area contributed by atoms with Crippen LogP contribution in [0.25, 0.3) is 22.6 Å². The molecule has 0 atom stereocenters. The van der Waals surface area contributed by atoms with Crippen LogP contribution < -0.4 is 5.56 Å². The molecule has 9 heteroatoms. The lowest BCUT2D eigenvalue weighted by atomic mass is 9.89. The van der Waals surface area contributed by atoms with Crippen molar-refractivity contribution in [1.29, 1.82) is 0 Å². The Morgan fingerprint density at radius 3 is 2.89 bits per heavy atom. The summed E-state index contributed by atoms with van der Waals surface area (Å²) in [6.07, 6.45) is 11.0. The molecule has 0 bridgehead atoms. The zero-order valence-electron chi connectivity index (χ0n) is 15.8. The Hall–Kier alpha value is -3.10. The van der Waals surface area contributed by atoms with Crippen LogP contribution in [0.3, 0.4) is 0 Å². The summed E-state index contributed by atoms with van der Waals surface area (Å²) >= 11 is 0. The highest BCUT2D eigenvalue weighted by Gasteiger charge is 2.21. The predicted octanol–water partition coefficient (Wildman–Crippen LogP) is 2.55. The number of fused-ring (bicyclic) bond motifs is 3.